The van der Waals surface area contributed by atoms with E-state index < -0.39 is 6.03 Å². The zero-order valence-corrected chi connectivity index (χ0v) is 9.81. The normalized spacial score (nSPS) is 24.2. The van der Waals surface area contributed by atoms with Crippen molar-refractivity contribution >= 4 is 6.03 Å². The summed E-state index contributed by atoms with van der Waals surface area (Å²) in [5, 5.41) is 31.4. The van der Waals surface area contributed by atoms with Crippen molar-refractivity contribution in [1.29, 1.82) is 10.5 Å². The number of hydrogen-bond acceptors (Lipinski definition) is 5. The van der Waals surface area contributed by atoms with E-state index in [2.05, 4.69) is 10.6 Å². The fraction of sp³-hybridized carbons (Fsp3) is 0.545. The molecular formula is C11H15N5O2. The van der Waals surface area contributed by atoms with Crippen LogP contribution in [-0.4, -0.2) is 23.3 Å². The second kappa shape index (κ2) is 6.48. The molecule has 0 aromatic rings. The summed E-state index contributed by atoms with van der Waals surface area (Å²) in [5.41, 5.74) is 4.66. The molecule has 0 heterocycles. The van der Waals surface area contributed by atoms with Crippen LogP contribution in [0.3, 0.4) is 0 Å². The highest BCUT2D eigenvalue weighted by Crippen LogP contribution is 2.18. The molecule has 2 amide bonds. The molecule has 0 aliphatic heterocycles. The first-order valence-electron chi connectivity index (χ1n) is 5.62. The summed E-state index contributed by atoms with van der Waals surface area (Å²) >= 11 is 0. The van der Waals surface area contributed by atoms with Gasteiger partial charge in [-0.3, -0.25) is 5.32 Å². The minimum Gasteiger partial charge on any atom is -0.393 e. The van der Waals surface area contributed by atoms with Crippen LogP contribution in [0.5, 0.6) is 0 Å². The van der Waals surface area contributed by atoms with E-state index >= 15 is 0 Å². The van der Waals surface area contributed by atoms with Crippen LogP contribution in [0.4, 0.5) is 4.79 Å². The van der Waals surface area contributed by atoms with Gasteiger partial charge in [0.1, 0.15) is 17.8 Å². The maximum Gasteiger partial charge on any atom is 0.320 e. The Morgan fingerprint density at radius 2 is 1.83 bits per heavy atom. The summed E-state index contributed by atoms with van der Waals surface area (Å²) in [6, 6.07) is 2.64. The van der Waals surface area contributed by atoms with Gasteiger partial charge in [-0.2, -0.15) is 10.5 Å². The number of rotatable bonds is 2. The third-order valence-corrected chi connectivity index (χ3v) is 2.77. The lowest BCUT2D eigenvalue weighted by molar-refractivity contribution is 0.118. The van der Waals surface area contributed by atoms with Crippen LogP contribution in [0.25, 0.3) is 0 Å². The van der Waals surface area contributed by atoms with Crippen LogP contribution in [0.2, 0.25) is 0 Å². The van der Waals surface area contributed by atoms with Crippen molar-refractivity contribution in [2.75, 3.05) is 0 Å². The molecule has 0 aromatic carbocycles. The molecule has 7 nitrogen and oxygen atoms in total. The number of nitriles is 2. The Morgan fingerprint density at radius 3 is 2.33 bits per heavy atom. The first-order valence-corrected chi connectivity index (χ1v) is 5.62. The largest absolute Gasteiger partial charge is 0.393 e. The number of aliphatic hydroxyl groups is 1. The molecule has 0 aromatic heterocycles. The molecule has 0 spiro atoms. The van der Waals surface area contributed by atoms with Crippen molar-refractivity contribution in [3.05, 3.63) is 11.4 Å². The van der Waals surface area contributed by atoms with Crippen LogP contribution in [0, 0.1) is 22.7 Å². The van der Waals surface area contributed by atoms with Gasteiger partial charge >= 0.3 is 6.03 Å². The van der Waals surface area contributed by atoms with Crippen molar-refractivity contribution in [3.63, 3.8) is 0 Å². The molecule has 5 N–H and O–H groups in total. The molecular weight excluding hydrogens is 234 g/mol. The Labute approximate surface area is 105 Å². The summed E-state index contributed by atoms with van der Waals surface area (Å²) in [4.78, 5) is 11.5. The van der Waals surface area contributed by atoms with E-state index in [4.69, 9.17) is 16.3 Å². The van der Waals surface area contributed by atoms with Crippen molar-refractivity contribution < 1.29 is 9.90 Å². The maximum atomic E-state index is 11.5. The molecule has 0 saturated heterocycles. The van der Waals surface area contributed by atoms with Gasteiger partial charge < -0.3 is 16.2 Å². The zero-order valence-electron chi connectivity index (χ0n) is 9.81. The summed E-state index contributed by atoms with van der Waals surface area (Å²) in [6.07, 6.45) is 2.37. The second-order valence-corrected chi connectivity index (χ2v) is 4.12. The quantitative estimate of drug-likeness (QED) is 0.503. The van der Waals surface area contributed by atoms with Crippen LogP contribution in [0.1, 0.15) is 25.7 Å². The van der Waals surface area contributed by atoms with E-state index in [9.17, 15) is 9.90 Å². The Kier molecular flexibility index (Phi) is 4.97. The number of allylic oxidation sites excluding steroid dienone is 2. The topological polar surface area (TPSA) is 135 Å². The van der Waals surface area contributed by atoms with E-state index in [0.717, 1.165) is 0 Å². The standard InChI is InChI=1S/C11H15N5O2/c12-5-9(14)10(6-13)16-11(18)15-7-1-3-8(17)4-2-7/h7-8,17H,1-4,14H2,(H2,15,16,18)/b10-9-/t7-,8-. The Morgan fingerprint density at radius 1 is 1.22 bits per heavy atom. The van der Waals surface area contributed by atoms with Gasteiger partial charge in [-0.25, -0.2) is 4.79 Å². The minimum atomic E-state index is -0.564. The van der Waals surface area contributed by atoms with Crippen molar-refractivity contribution in [2.45, 2.75) is 37.8 Å². The fourth-order valence-electron chi connectivity index (χ4n) is 1.77. The molecule has 7 heteroatoms. The van der Waals surface area contributed by atoms with E-state index in [1.54, 1.807) is 12.1 Å². The third kappa shape index (κ3) is 3.96. The predicted molar refractivity (Wildman–Crippen MR) is 62.4 cm³/mol. The molecule has 1 rings (SSSR count). The Hall–Kier alpha value is -2.25. The number of aliphatic hydroxyl groups excluding tert-OH is 1. The van der Waals surface area contributed by atoms with Crippen LogP contribution in [0.15, 0.2) is 11.4 Å². The van der Waals surface area contributed by atoms with Gasteiger partial charge in [0.25, 0.3) is 0 Å². The molecule has 1 saturated carbocycles. The lowest BCUT2D eigenvalue weighted by atomic mass is 9.93. The summed E-state index contributed by atoms with van der Waals surface area (Å²) in [6.45, 7) is 0. The molecule has 1 aliphatic rings. The second-order valence-electron chi connectivity index (χ2n) is 4.12. The van der Waals surface area contributed by atoms with E-state index in [-0.39, 0.29) is 23.5 Å². The van der Waals surface area contributed by atoms with Crippen LogP contribution < -0.4 is 16.4 Å². The average Bonchev–Trinajstić information content (AvgIpc) is 2.37. The van der Waals surface area contributed by atoms with Crippen molar-refractivity contribution in [3.8, 4) is 12.1 Å². The number of urea groups is 1. The predicted octanol–water partition coefficient (Wildman–Crippen LogP) is -0.193. The molecule has 0 radical (unpaired) electrons. The highest BCUT2D eigenvalue weighted by molar-refractivity contribution is 5.77. The van der Waals surface area contributed by atoms with E-state index in [1.165, 1.54) is 0 Å². The SMILES string of the molecule is N#C/C(N)=C(\C#N)NC(=O)N[C@H]1CC[C@H](O)CC1. The smallest absolute Gasteiger partial charge is 0.320 e. The number of nitrogens with zero attached hydrogens (tertiary/aromatic N) is 2. The molecule has 0 bridgehead atoms. The van der Waals surface area contributed by atoms with Gasteiger partial charge in [-0.05, 0) is 25.7 Å². The fourth-order valence-corrected chi connectivity index (χ4v) is 1.77. The average molecular weight is 249 g/mol. The first-order chi connectivity index (χ1) is 8.56. The third-order valence-electron chi connectivity index (χ3n) is 2.77. The van der Waals surface area contributed by atoms with Gasteiger partial charge in [-0.1, -0.05) is 0 Å². The number of carbonyl (C=O) groups is 1. The highest BCUT2D eigenvalue weighted by Gasteiger charge is 2.21. The van der Waals surface area contributed by atoms with Crippen LogP contribution in [-0.2, 0) is 0 Å². The highest BCUT2D eigenvalue weighted by atomic mass is 16.3. The zero-order chi connectivity index (χ0) is 13.5. The summed E-state index contributed by atoms with van der Waals surface area (Å²) in [5.74, 6) is 0. The number of carbonyl (C=O) groups excluding carboxylic acids is 1. The number of amides is 2. The lowest BCUT2D eigenvalue weighted by Gasteiger charge is -2.26. The molecule has 96 valence electrons. The monoisotopic (exact) mass is 249 g/mol. The molecule has 0 atom stereocenters. The van der Waals surface area contributed by atoms with Crippen molar-refractivity contribution in [2.24, 2.45) is 5.73 Å². The number of nitrogens with two attached hydrogens (primary N) is 1. The Bertz CT molecular complexity index is 424. The van der Waals surface area contributed by atoms with Gasteiger partial charge in [-0.15, -0.1) is 0 Å². The van der Waals surface area contributed by atoms with E-state index in [0.29, 0.717) is 25.7 Å². The van der Waals surface area contributed by atoms with E-state index in [1.807, 2.05) is 0 Å². The van der Waals surface area contributed by atoms with Gasteiger partial charge in [0.05, 0.1) is 6.10 Å². The van der Waals surface area contributed by atoms with Crippen molar-refractivity contribution in [1.82, 2.24) is 10.6 Å². The number of hydrogen-bond donors (Lipinski definition) is 4. The molecule has 0 unspecified atom stereocenters. The van der Waals surface area contributed by atoms with Gasteiger partial charge in [0, 0.05) is 6.04 Å². The number of nitrogens with one attached hydrogen (secondary N) is 2. The maximum absolute atomic E-state index is 11.5. The van der Waals surface area contributed by atoms with Gasteiger partial charge in [0.15, 0.2) is 5.70 Å². The minimum absolute atomic E-state index is 0.0309. The van der Waals surface area contributed by atoms with Crippen LogP contribution >= 0.6 is 0 Å². The summed E-state index contributed by atoms with van der Waals surface area (Å²) < 4.78 is 0. The molecule has 1 fully saturated rings. The first kappa shape index (κ1) is 13.8. The molecule has 1 aliphatic carbocycles. The van der Waals surface area contributed by atoms with Gasteiger partial charge in [0.2, 0.25) is 0 Å². The lowest BCUT2D eigenvalue weighted by Crippen LogP contribution is -2.44. The summed E-state index contributed by atoms with van der Waals surface area (Å²) in [7, 11) is 0. The molecule has 18 heavy (non-hydrogen) atoms. The Balaban J connectivity index is 2.48.